The fraction of sp³-hybridized carbons (Fsp3) is 0.429. The zero-order valence-corrected chi connectivity index (χ0v) is 13.0. The van der Waals surface area contributed by atoms with Crippen molar-refractivity contribution in [2.24, 2.45) is 0 Å². The Morgan fingerprint density at radius 2 is 2.27 bits per heavy atom. The fourth-order valence-electron chi connectivity index (χ4n) is 2.00. The summed E-state index contributed by atoms with van der Waals surface area (Å²) in [5, 5.41) is 15.1. The Morgan fingerprint density at radius 1 is 1.45 bits per heavy atom. The molecule has 0 unspecified atom stereocenters. The standard InChI is InChI=1S/C14H17N5O2S/c1-2-21-12-6-4-3-5-11(12)15-13(20)9-22-14-16-17-18-19(14)10-7-8-10/h3-6,10H,2,7-9H2,1H3,(H,15,20). The van der Waals surface area contributed by atoms with Gasteiger partial charge in [0.1, 0.15) is 5.75 Å². The first-order chi connectivity index (χ1) is 10.8. The summed E-state index contributed by atoms with van der Waals surface area (Å²) in [5.74, 6) is 0.821. The molecule has 1 heterocycles. The summed E-state index contributed by atoms with van der Waals surface area (Å²) in [7, 11) is 0. The van der Waals surface area contributed by atoms with E-state index in [-0.39, 0.29) is 11.7 Å². The molecule has 3 rings (SSSR count). The van der Waals surface area contributed by atoms with Gasteiger partial charge in [0.05, 0.1) is 24.1 Å². The van der Waals surface area contributed by atoms with Crippen molar-refractivity contribution in [2.45, 2.75) is 31.0 Å². The average molecular weight is 319 g/mol. The number of thioether (sulfide) groups is 1. The number of para-hydroxylation sites is 2. The van der Waals surface area contributed by atoms with Gasteiger partial charge in [0.25, 0.3) is 0 Å². The van der Waals surface area contributed by atoms with E-state index in [2.05, 4.69) is 20.8 Å². The van der Waals surface area contributed by atoms with Gasteiger partial charge in [-0.2, -0.15) is 0 Å². The lowest BCUT2D eigenvalue weighted by Crippen LogP contribution is -2.15. The normalized spacial score (nSPS) is 13.9. The molecule has 0 aliphatic heterocycles. The van der Waals surface area contributed by atoms with E-state index in [9.17, 15) is 4.79 Å². The van der Waals surface area contributed by atoms with Gasteiger partial charge >= 0.3 is 0 Å². The number of amides is 1. The maximum absolute atomic E-state index is 12.1. The van der Waals surface area contributed by atoms with Crippen molar-refractivity contribution < 1.29 is 9.53 Å². The van der Waals surface area contributed by atoms with Crippen molar-refractivity contribution in [3.8, 4) is 5.75 Å². The first-order valence-electron chi connectivity index (χ1n) is 7.20. The van der Waals surface area contributed by atoms with Crippen LogP contribution >= 0.6 is 11.8 Å². The van der Waals surface area contributed by atoms with E-state index in [1.165, 1.54) is 11.8 Å². The second kappa shape index (κ2) is 6.78. The van der Waals surface area contributed by atoms with E-state index in [1.807, 2.05) is 31.2 Å². The minimum absolute atomic E-state index is 0.109. The highest BCUT2D eigenvalue weighted by Gasteiger charge is 2.28. The van der Waals surface area contributed by atoms with Gasteiger partial charge in [-0.3, -0.25) is 4.79 Å². The first-order valence-corrected chi connectivity index (χ1v) is 8.19. The number of hydrogen-bond donors (Lipinski definition) is 1. The van der Waals surface area contributed by atoms with Gasteiger partial charge in [0.15, 0.2) is 0 Å². The van der Waals surface area contributed by atoms with E-state index < -0.39 is 0 Å². The zero-order chi connectivity index (χ0) is 15.4. The van der Waals surface area contributed by atoms with Gasteiger partial charge in [-0.25, -0.2) is 4.68 Å². The number of carbonyl (C=O) groups is 1. The number of nitrogens with one attached hydrogen (secondary N) is 1. The predicted octanol–water partition coefficient (Wildman–Crippen LogP) is 2.14. The van der Waals surface area contributed by atoms with E-state index >= 15 is 0 Å². The minimum Gasteiger partial charge on any atom is -0.492 e. The molecule has 0 saturated heterocycles. The molecule has 7 nitrogen and oxygen atoms in total. The molecular formula is C14H17N5O2S. The Balaban J connectivity index is 1.57. The van der Waals surface area contributed by atoms with Crippen LogP contribution in [0.4, 0.5) is 5.69 Å². The Hall–Kier alpha value is -2.09. The third-order valence-corrected chi connectivity index (χ3v) is 4.08. The SMILES string of the molecule is CCOc1ccccc1NC(=O)CSc1nnnn1C1CC1. The highest BCUT2D eigenvalue weighted by molar-refractivity contribution is 7.99. The van der Waals surface area contributed by atoms with Gasteiger partial charge in [-0.15, -0.1) is 5.10 Å². The van der Waals surface area contributed by atoms with E-state index in [0.29, 0.717) is 29.2 Å². The Bertz CT molecular complexity index is 656. The number of ether oxygens (including phenoxy) is 1. The molecule has 22 heavy (non-hydrogen) atoms. The van der Waals surface area contributed by atoms with Crippen LogP contribution in [0.3, 0.4) is 0 Å². The summed E-state index contributed by atoms with van der Waals surface area (Å²) in [5.41, 5.74) is 0.678. The van der Waals surface area contributed by atoms with Crippen LogP contribution < -0.4 is 10.1 Å². The van der Waals surface area contributed by atoms with Crippen molar-refractivity contribution in [1.82, 2.24) is 20.2 Å². The van der Waals surface area contributed by atoms with Crippen LogP contribution in [0, 0.1) is 0 Å². The molecular weight excluding hydrogens is 302 g/mol. The number of nitrogens with zero attached hydrogens (tertiary/aromatic N) is 4. The number of hydrogen-bond acceptors (Lipinski definition) is 6. The molecule has 1 aliphatic rings. The lowest BCUT2D eigenvalue weighted by Gasteiger charge is -2.10. The van der Waals surface area contributed by atoms with Crippen molar-refractivity contribution in [3.05, 3.63) is 24.3 Å². The van der Waals surface area contributed by atoms with Crippen LogP contribution in [0.15, 0.2) is 29.4 Å². The van der Waals surface area contributed by atoms with Crippen LogP contribution in [-0.4, -0.2) is 38.5 Å². The topological polar surface area (TPSA) is 81.9 Å². The van der Waals surface area contributed by atoms with Crippen molar-refractivity contribution >= 4 is 23.4 Å². The number of rotatable bonds is 7. The summed E-state index contributed by atoms with van der Waals surface area (Å²) in [4.78, 5) is 12.1. The van der Waals surface area contributed by atoms with Gasteiger partial charge in [-0.05, 0) is 42.3 Å². The van der Waals surface area contributed by atoms with E-state index in [4.69, 9.17) is 4.74 Å². The Kier molecular flexibility index (Phi) is 4.57. The number of anilines is 1. The second-order valence-corrected chi connectivity index (χ2v) is 5.85. The fourth-order valence-corrected chi connectivity index (χ4v) is 2.74. The number of aromatic nitrogens is 4. The van der Waals surface area contributed by atoms with Crippen LogP contribution in [0.25, 0.3) is 0 Å². The maximum atomic E-state index is 12.1. The van der Waals surface area contributed by atoms with Crippen LogP contribution in [0.1, 0.15) is 25.8 Å². The van der Waals surface area contributed by atoms with Crippen molar-refractivity contribution in [1.29, 1.82) is 0 Å². The Morgan fingerprint density at radius 3 is 3.05 bits per heavy atom. The van der Waals surface area contributed by atoms with Gasteiger partial charge in [0, 0.05) is 0 Å². The van der Waals surface area contributed by atoms with Crippen molar-refractivity contribution in [3.63, 3.8) is 0 Å². The van der Waals surface area contributed by atoms with Gasteiger partial charge in [-0.1, -0.05) is 23.9 Å². The van der Waals surface area contributed by atoms with Gasteiger partial charge < -0.3 is 10.1 Å². The molecule has 0 radical (unpaired) electrons. The third-order valence-electron chi connectivity index (χ3n) is 3.15. The van der Waals surface area contributed by atoms with Crippen LogP contribution in [0.5, 0.6) is 5.75 Å². The van der Waals surface area contributed by atoms with E-state index in [1.54, 1.807) is 4.68 Å². The summed E-state index contributed by atoms with van der Waals surface area (Å²) in [6.07, 6.45) is 2.21. The Labute approximate surface area is 132 Å². The minimum atomic E-state index is -0.109. The van der Waals surface area contributed by atoms with Crippen LogP contribution in [0.2, 0.25) is 0 Å². The number of benzene rings is 1. The molecule has 1 fully saturated rings. The second-order valence-electron chi connectivity index (χ2n) is 4.90. The zero-order valence-electron chi connectivity index (χ0n) is 12.2. The third kappa shape index (κ3) is 3.56. The molecule has 0 spiro atoms. The molecule has 1 saturated carbocycles. The largest absolute Gasteiger partial charge is 0.492 e. The highest BCUT2D eigenvalue weighted by atomic mass is 32.2. The predicted molar refractivity (Wildman–Crippen MR) is 83.1 cm³/mol. The molecule has 8 heteroatoms. The monoisotopic (exact) mass is 319 g/mol. The molecule has 1 aromatic carbocycles. The molecule has 2 aromatic rings. The smallest absolute Gasteiger partial charge is 0.234 e. The summed E-state index contributed by atoms with van der Waals surface area (Å²) < 4.78 is 7.29. The lowest BCUT2D eigenvalue weighted by molar-refractivity contribution is -0.113. The van der Waals surface area contributed by atoms with Gasteiger partial charge in [0.2, 0.25) is 11.1 Å². The average Bonchev–Trinajstić information content (AvgIpc) is 3.26. The first kappa shape index (κ1) is 14.8. The summed E-state index contributed by atoms with van der Waals surface area (Å²) in [6, 6.07) is 7.79. The molecule has 1 amide bonds. The molecule has 1 N–H and O–H groups in total. The number of carbonyl (C=O) groups excluding carboxylic acids is 1. The molecule has 0 atom stereocenters. The number of tetrazole rings is 1. The highest BCUT2D eigenvalue weighted by Crippen LogP contribution is 2.36. The molecule has 116 valence electrons. The quantitative estimate of drug-likeness (QED) is 0.787. The van der Waals surface area contributed by atoms with E-state index in [0.717, 1.165) is 12.8 Å². The van der Waals surface area contributed by atoms with Crippen molar-refractivity contribution in [2.75, 3.05) is 17.7 Å². The van der Waals surface area contributed by atoms with Crippen LogP contribution in [-0.2, 0) is 4.79 Å². The molecule has 1 aromatic heterocycles. The maximum Gasteiger partial charge on any atom is 0.234 e. The molecule has 0 bridgehead atoms. The summed E-state index contributed by atoms with van der Waals surface area (Å²) in [6.45, 7) is 2.46. The lowest BCUT2D eigenvalue weighted by atomic mass is 10.3. The molecule has 1 aliphatic carbocycles. The summed E-state index contributed by atoms with van der Waals surface area (Å²) >= 11 is 1.34.